The third kappa shape index (κ3) is 5.11. The van der Waals surface area contributed by atoms with E-state index in [0.29, 0.717) is 24.3 Å². The Kier molecular flexibility index (Phi) is 5.96. The van der Waals surface area contributed by atoms with Gasteiger partial charge >= 0.3 is 10.1 Å². The van der Waals surface area contributed by atoms with Gasteiger partial charge in [-0.3, -0.25) is 5.41 Å². The van der Waals surface area contributed by atoms with E-state index in [-0.39, 0.29) is 16.5 Å². The summed E-state index contributed by atoms with van der Waals surface area (Å²) < 4.78 is 35.5. The van der Waals surface area contributed by atoms with Gasteiger partial charge in [0.25, 0.3) is 0 Å². The average Bonchev–Trinajstić information content (AvgIpc) is 2.69. The minimum atomic E-state index is -3.89. The Morgan fingerprint density at radius 3 is 2.25 bits per heavy atom. The second-order valence-electron chi connectivity index (χ2n) is 6.03. The predicted molar refractivity (Wildman–Crippen MR) is 107 cm³/mol. The van der Waals surface area contributed by atoms with Gasteiger partial charge in [-0.2, -0.15) is 8.42 Å². The highest BCUT2D eigenvalue weighted by atomic mass is 32.2. The molecule has 0 aliphatic heterocycles. The van der Waals surface area contributed by atoms with Gasteiger partial charge in [-0.1, -0.05) is 48.5 Å². The lowest BCUT2D eigenvalue weighted by molar-refractivity contribution is 0.321. The third-order valence-corrected chi connectivity index (χ3v) is 5.23. The summed E-state index contributed by atoms with van der Waals surface area (Å²) >= 11 is 0. The Labute approximate surface area is 164 Å². The van der Waals surface area contributed by atoms with Gasteiger partial charge in [-0.15, -0.1) is 0 Å². The standard InChI is InChI=1S/C21H20N2O4S/c22-21(23)17-11-9-16(10-12-17)13-14-26-18-5-4-6-19(15-18)27-28(24,25)20-7-2-1-3-8-20/h1-12,15H,13-14H2,(H3,22,23). The molecular weight excluding hydrogens is 376 g/mol. The van der Waals surface area contributed by atoms with Crippen LogP contribution in [0.5, 0.6) is 11.5 Å². The van der Waals surface area contributed by atoms with E-state index in [1.165, 1.54) is 12.1 Å². The number of hydrogen-bond acceptors (Lipinski definition) is 5. The molecule has 0 fully saturated rings. The largest absolute Gasteiger partial charge is 0.493 e. The summed E-state index contributed by atoms with van der Waals surface area (Å²) in [6.45, 7) is 0.411. The molecule has 0 aliphatic carbocycles. The summed E-state index contributed by atoms with van der Waals surface area (Å²) in [5, 5.41) is 7.39. The van der Waals surface area contributed by atoms with Gasteiger partial charge in [0.2, 0.25) is 0 Å². The number of rotatable bonds is 8. The van der Waals surface area contributed by atoms with Crippen LogP contribution in [0.3, 0.4) is 0 Å². The molecule has 28 heavy (non-hydrogen) atoms. The van der Waals surface area contributed by atoms with E-state index in [4.69, 9.17) is 20.1 Å². The van der Waals surface area contributed by atoms with Crippen LogP contribution in [0, 0.1) is 5.41 Å². The van der Waals surface area contributed by atoms with Crippen molar-refractivity contribution in [2.75, 3.05) is 6.61 Å². The van der Waals surface area contributed by atoms with Crippen LogP contribution >= 0.6 is 0 Å². The Bertz CT molecular complexity index is 1050. The van der Waals surface area contributed by atoms with Gasteiger partial charge in [-0.05, 0) is 29.8 Å². The maximum atomic E-state index is 12.3. The summed E-state index contributed by atoms with van der Waals surface area (Å²) in [4.78, 5) is 0.0929. The van der Waals surface area contributed by atoms with E-state index >= 15 is 0 Å². The van der Waals surface area contributed by atoms with Crippen molar-refractivity contribution in [2.45, 2.75) is 11.3 Å². The van der Waals surface area contributed by atoms with Crippen LogP contribution in [0.1, 0.15) is 11.1 Å². The van der Waals surface area contributed by atoms with Gasteiger partial charge in [0, 0.05) is 18.1 Å². The van der Waals surface area contributed by atoms with Crippen molar-refractivity contribution in [3.05, 3.63) is 90.0 Å². The lowest BCUT2D eigenvalue weighted by atomic mass is 10.1. The molecule has 0 spiro atoms. The second-order valence-corrected chi connectivity index (χ2v) is 7.58. The van der Waals surface area contributed by atoms with Gasteiger partial charge in [-0.25, -0.2) is 0 Å². The normalized spacial score (nSPS) is 11.0. The topological polar surface area (TPSA) is 102 Å². The van der Waals surface area contributed by atoms with Gasteiger partial charge in [0.1, 0.15) is 22.2 Å². The van der Waals surface area contributed by atoms with Gasteiger partial charge < -0.3 is 14.7 Å². The zero-order valence-electron chi connectivity index (χ0n) is 15.0. The van der Waals surface area contributed by atoms with E-state index in [2.05, 4.69) is 0 Å². The number of hydrogen-bond donors (Lipinski definition) is 2. The van der Waals surface area contributed by atoms with Crippen molar-refractivity contribution in [3.63, 3.8) is 0 Å². The lowest BCUT2D eigenvalue weighted by Crippen LogP contribution is -2.11. The van der Waals surface area contributed by atoms with Crippen LogP contribution in [0.15, 0.2) is 83.8 Å². The van der Waals surface area contributed by atoms with E-state index in [0.717, 1.165) is 5.56 Å². The predicted octanol–water partition coefficient (Wildman–Crippen LogP) is 3.36. The molecular formula is C21H20N2O4S. The van der Waals surface area contributed by atoms with E-state index in [9.17, 15) is 8.42 Å². The quantitative estimate of drug-likeness (QED) is 0.345. The molecule has 6 nitrogen and oxygen atoms in total. The first-order chi connectivity index (χ1) is 13.4. The monoisotopic (exact) mass is 396 g/mol. The number of amidine groups is 1. The smallest absolute Gasteiger partial charge is 0.339 e. The minimum absolute atomic E-state index is 0.0325. The van der Waals surface area contributed by atoms with Crippen LogP contribution in [-0.2, 0) is 16.5 Å². The molecule has 0 bridgehead atoms. The molecule has 0 radical (unpaired) electrons. The zero-order valence-corrected chi connectivity index (χ0v) is 15.9. The summed E-state index contributed by atoms with van der Waals surface area (Å²) in [7, 11) is -3.89. The van der Waals surface area contributed by atoms with Crippen molar-refractivity contribution in [3.8, 4) is 11.5 Å². The highest BCUT2D eigenvalue weighted by Crippen LogP contribution is 2.23. The summed E-state index contributed by atoms with van der Waals surface area (Å²) in [6, 6.07) is 21.9. The number of benzene rings is 3. The van der Waals surface area contributed by atoms with Crippen molar-refractivity contribution in [1.29, 1.82) is 5.41 Å². The fourth-order valence-corrected chi connectivity index (χ4v) is 3.46. The van der Waals surface area contributed by atoms with Crippen LogP contribution in [0.4, 0.5) is 0 Å². The number of nitrogens with one attached hydrogen (secondary N) is 1. The number of nitrogens with two attached hydrogens (primary N) is 1. The van der Waals surface area contributed by atoms with E-state index in [1.807, 2.05) is 12.1 Å². The summed E-state index contributed by atoms with van der Waals surface area (Å²) in [5.41, 5.74) is 7.16. The molecule has 3 N–H and O–H groups in total. The summed E-state index contributed by atoms with van der Waals surface area (Å²) in [5.74, 6) is 0.735. The molecule has 144 valence electrons. The maximum absolute atomic E-state index is 12.3. The fraction of sp³-hybridized carbons (Fsp3) is 0.0952. The third-order valence-electron chi connectivity index (χ3n) is 3.97. The SMILES string of the molecule is N=C(N)c1ccc(CCOc2cccc(OS(=O)(=O)c3ccccc3)c2)cc1. The molecule has 0 amide bonds. The molecule has 3 rings (SSSR count). The maximum Gasteiger partial charge on any atom is 0.339 e. The lowest BCUT2D eigenvalue weighted by Gasteiger charge is -2.10. The molecule has 0 saturated carbocycles. The minimum Gasteiger partial charge on any atom is -0.493 e. The van der Waals surface area contributed by atoms with Gasteiger partial charge in [0.15, 0.2) is 0 Å². The first kappa shape index (κ1) is 19.4. The first-order valence-corrected chi connectivity index (χ1v) is 10.0. The molecule has 0 atom stereocenters. The van der Waals surface area contributed by atoms with E-state index < -0.39 is 10.1 Å². The second kappa shape index (κ2) is 8.58. The molecule has 0 aromatic heterocycles. The van der Waals surface area contributed by atoms with Crippen molar-refractivity contribution in [1.82, 2.24) is 0 Å². The van der Waals surface area contributed by atoms with Crippen LogP contribution < -0.4 is 14.7 Å². The Hall–Kier alpha value is -3.32. The van der Waals surface area contributed by atoms with Crippen LogP contribution in [-0.4, -0.2) is 20.9 Å². The Morgan fingerprint density at radius 1 is 0.893 bits per heavy atom. The van der Waals surface area contributed by atoms with Crippen LogP contribution in [0.2, 0.25) is 0 Å². The Balaban J connectivity index is 1.60. The molecule has 7 heteroatoms. The van der Waals surface area contributed by atoms with Crippen molar-refractivity contribution in [2.24, 2.45) is 5.73 Å². The van der Waals surface area contributed by atoms with Crippen molar-refractivity contribution >= 4 is 16.0 Å². The van der Waals surface area contributed by atoms with Crippen LogP contribution in [0.25, 0.3) is 0 Å². The molecule has 0 saturated heterocycles. The number of nitrogen functional groups attached to an aromatic ring is 1. The van der Waals surface area contributed by atoms with Crippen molar-refractivity contribution < 1.29 is 17.3 Å². The molecule has 3 aromatic rings. The Morgan fingerprint density at radius 2 is 1.57 bits per heavy atom. The fourth-order valence-electron chi connectivity index (χ4n) is 2.52. The molecule has 3 aromatic carbocycles. The molecule has 0 aliphatic rings. The highest BCUT2D eigenvalue weighted by Gasteiger charge is 2.16. The molecule has 0 unspecified atom stereocenters. The summed E-state index contributed by atoms with van der Waals surface area (Å²) in [6.07, 6.45) is 0.658. The van der Waals surface area contributed by atoms with E-state index in [1.54, 1.807) is 54.6 Å². The average molecular weight is 396 g/mol. The zero-order chi connectivity index (χ0) is 20.0. The van der Waals surface area contributed by atoms with Gasteiger partial charge in [0.05, 0.1) is 6.61 Å². The highest BCUT2D eigenvalue weighted by molar-refractivity contribution is 7.87. The number of ether oxygens (including phenoxy) is 1. The first-order valence-electron chi connectivity index (χ1n) is 8.60. The molecule has 0 heterocycles.